The Morgan fingerprint density at radius 3 is 2.60 bits per heavy atom. The number of halogens is 2. The Bertz CT molecular complexity index is 1270. The number of benzene rings is 3. The highest BCUT2D eigenvalue weighted by atomic mass is 19.1. The first kappa shape index (κ1) is 23.0. The summed E-state index contributed by atoms with van der Waals surface area (Å²) in [7, 11) is 0. The third kappa shape index (κ3) is 4.38. The second-order valence-corrected chi connectivity index (χ2v) is 8.96. The van der Waals surface area contributed by atoms with E-state index in [1.807, 2.05) is 24.0 Å². The molecule has 1 aliphatic heterocycles. The van der Waals surface area contributed by atoms with E-state index in [1.54, 1.807) is 18.2 Å². The standard InChI is InChI=1S/C28H26F2N2O3/c1-2-24-28(34)32(23-12-5-8-17-7-3-4-9-20(17)23)16-18-15-19(13-14-25(18)35-24)31-27(33)26-21(29)10-6-11-22(26)30/h3-4,6-7,9-11,13-15,23-24H,2,5,8,12,16H2,1H3,(H,31,33)/t23-,24+/m1/s1. The highest BCUT2D eigenvalue weighted by molar-refractivity contribution is 6.04. The third-order valence-corrected chi connectivity index (χ3v) is 6.76. The lowest BCUT2D eigenvalue weighted by atomic mass is 9.86. The van der Waals surface area contributed by atoms with E-state index in [1.165, 1.54) is 11.6 Å². The van der Waals surface area contributed by atoms with E-state index in [4.69, 9.17) is 4.74 Å². The fourth-order valence-electron chi connectivity index (χ4n) is 5.03. The second-order valence-electron chi connectivity index (χ2n) is 8.96. The van der Waals surface area contributed by atoms with Gasteiger partial charge in [0, 0.05) is 11.3 Å². The van der Waals surface area contributed by atoms with E-state index < -0.39 is 29.2 Å². The number of ether oxygens (including phenoxy) is 1. The Balaban J connectivity index is 1.47. The van der Waals surface area contributed by atoms with Gasteiger partial charge in [0.25, 0.3) is 11.8 Å². The van der Waals surface area contributed by atoms with Gasteiger partial charge in [-0.25, -0.2) is 8.78 Å². The molecule has 2 atom stereocenters. The molecule has 35 heavy (non-hydrogen) atoms. The molecule has 0 saturated carbocycles. The van der Waals surface area contributed by atoms with Crippen LogP contribution in [-0.4, -0.2) is 22.8 Å². The van der Waals surface area contributed by atoms with E-state index >= 15 is 0 Å². The maximum Gasteiger partial charge on any atom is 0.264 e. The second kappa shape index (κ2) is 9.49. The highest BCUT2D eigenvalue weighted by Crippen LogP contribution is 2.39. The molecular formula is C28H26F2N2O3. The van der Waals surface area contributed by atoms with Crippen LogP contribution in [0.4, 0.5) is 14.5 Å². The molecule has 1 aliphatic carbocycles. The van der Waals surface area contributed by atoms with Crippen LogP contribution in [0.3, 0.4) is 0 Å². The van der Waals surface area contributed by atoms with Gasteiger partial charge < -0.3 is 15.0 Å². The van der Waals surface area contributed by atoms with Gasteiger partial charge in [-0.3, -0.25) is 9.59 Å². The maximum atomic E-state index is 14.1. The van der Waals surface area contributed by atoms with Crippen LogP contribution in [0.2, 0.25) is 0 Å². The van der Waals surface area contributed by atoms with Crippen LogP contribution >= 0.6 is 0 Å². The van der Waals surface area contributed by atoms with Crippen LogP contribution in [0.25, 0.3) is 0 Å². The number of anilines is 1. The summed E-state index contributed by atoms with van der Waals surface area (Å²) in [4.78, 5) is 28.0. The van der Waals surface area contributed by atoms with Crippen molar-refractivity contribution < 1.29 is 23.1 Å². The molecule has 7 heteroatoms. The average molecular weight is 477 g/mol. The summed E-state index contributed by atoms with van der Waals surface area (Å²) in [6, 6.07) is 16.4. The molecule has 1 heterocycles. The van der Waals surface area contributed by atoms with Gasteiger partial charge in [0.1, 0.15) is 22.9 Å². The first-order chi connectivity index (χ1) is 17.0. The fourth-order valence-corrected chi connectivity index (χ4v) is 5.03. The van der Waals surface area contributed by atoms with Crippen LogP contribution in [0.1, 0.15) is 59.3 Å². The monoisotopic (exact) mass is 476 g/mol. The van der Waals surface area contributed by atoms with Gasteiger partial charge in [-0.2, -0.15) is 0 Å². The van der Waals surface area contributed by atoms with Gasteiger partial charge in [-0.05, 0) is 67.1 Å². The normalized spacial score (nSPS) is 19.3. The molecule has 5 nitrogen and oxygen atoms in total. The summed E-state index contributed by atoms with van der Waals surface area (Å²) in [6.45, 7) is 2.22. The molecule has 0 aromatic heterocycles. The summed E-state index contributed by atoms with van der Waals surface area (Å²) in [5.41, 5.74) is 2.86. The van der Waals surface area contributed by atoms with Crippen molar-refractivity contribution >= 4 is 17.5 Å². The third-order valence-electron chi connectivity index (χ3n) is 6.76. The van der Waals surface area contributed by atoms with Gasteiger partial charge in [0.15, 0.2) is 6.10 Å². The SMILES string of the molecule is CC[C@@H]1Oc2ccc(NC(=O)c3c(F)cccc3F)cc2CN([C@@H]2CCCc3ccccc32)C1=O. The van der Waals surface area contributed by atoms with Gasteiger partial charge in [-0.15, -0.1) is 0 Å². The first-order valence-electron chi connectivity index (χ1n) is 11.9. The Morgan fingerprint density at radius 2 is 1.83 bits per heavy atom. The van der Waals surface area contributed by atoms with Crippen molar-refractivity contribution in [3.8, 4) is 5.75 Å². The van der Waals surface area contributed by atoms with Crippen LogP contribution in [0.15, 0.2) is 60.7 Å². The summed E-state index contributed by atoms with van der Waals surface area (Å²) in [5, 5.41) is 2.58. The van der Waals surface area contributed by atoms with Crippen molar-refractivity contribution in [1.29, 1.82) is 0 Å². The van der Waals surface area contributed by atoms with Gasteiger partial charge >= 0.3 is 0 Å². The fraction of sp³-hybridized carbons (Fsp3) is 0.286. The van der Waals surface area contributed by atoms with Crippen molar-refractivity contribution in [3.63, 3.8) is 0 Å². The lowest BCUT2D eigenvalue weighted by Crippen LogP contribution is -2.42. The summed E-state index contributed by atoms with van der Waals surface area (Å²) in [6.07, 6.45) is 2.74. The summed E-state index contributed by atoms with van der Waals surface area (Å²) >= 11 is 0. The van der Waals surface area contributed by atoms with Gasteiger partial charge in [0.2, 0.25) is 0 Å². The predicted octanol–water partition coefficient (Wildman–Crippen LogP) is 5.79. The average Bonchev–Trinajstić information content (AvgIpc) is 2.99. The highest BCUT2D eigenvalue weighted by Gasteiger charge is 2.36. The molecule has 0 spiro atoms. The minimum atomic E-state index is -0.931. The zero-order chi connectivity index (χ0) is 24.5. The Morgan fingerprint density at radius 1 is 1.06 bits per heavy atom. The molecular weight excluding hydrogens is 450 g/mol. The van der Waals surface area contributed by atoms with Crippen LogP contribution in [0, 0.1) is 11.6 Å². The van der Waals surface area contributed by atoms with E-state index in [0.717, 1.165) is 42.5 Å². The maximum absolute atomic E-state index is 14.1. The quantitative estimate of drug-likeness (QED) is 0.518. The molecule has 5 rings (SSSR count). The molecule has 1 N–H and O–H groups in total. The number of rotatable bonds is 4. The van der Waals surface area contributed by atoms with Crippen molar-refractivity contribution in [2.45, 2.75) is 51.3 Å². The Labute approximate surface area is 202 Å². The molecule has 0 unspecified atom stereocenters. The number of amides is 2. The zero-order valence-corrected chi connectivity index (χ0v) is 19.4. The van der Waals surface area contributed by atoms with E-state index in [0.29, 0.717) is 24.4 Å². The Hall–Kier alpha value is -3.74. The summed E-state index contributed by atoms with van der Waals surface area (Å²) < 4.78 is 34.2. The number of carbonyl (C=O) groups is 2. The molecule has 0 bridgehead atoms. The number of fused-ring (bicyclic) bond motifs is 2. The number of nitrogens with one attached hydrogen (secondary N) is 1. The number of nitrogens with zero attached hydrogens (tertiary/aromatic N) is 1. The van der Waals surface area contributed by atoms with Crippen molar-refractivity contribution in [2.24, 2.45) is 0 Å². The largest absolute Gasteiger partial charge is 0.480 e. The van der Waals surface area contributed by atoms with Crippen LogP contribution < -0.4 is 10.1 Å². The van der Waals surface area contributed by atoms with Gasteiger partial charge in [0.05, 0.1) is 12.6 Å². The molecule has 0 radical (unpaired) electrons. The van der Waals surface area contributed by atoms with Crippen molar-refractivity contribution in [1.82, 2.24) is 4.90 Å². The van der Waals surface area contributed by atoms with E-state index in [-0.39, 0.29) is 11.9 Å². The van der Waals surface area contributed by atoms with Crippen molar-refractivity contribution in [2.75, 3.05) is 5.32 Å². The van der Waals surface area contributed by atoms with Crippen LogP contribution in [0.5, 0.6) is 5.75 Å². The summed E-state index contributed by atoms with van der Waals surface area (Å²) in [5.74, 6) is -2.25. The number of hydrogen-bond donors (Lipinski definition) is 1. The molecule has 2 amide bonds. The minimum absolute atomic E-state index is 0.0654. The predicted molar refractivity (Wildman–Crippen MR) is 128 cm³/mol. The minimum Gasteiger partial charge on any atom is -0.480 e. The van der Waals surface area contributed by atoms with Crippen molar-refractivity contribution in [3.05, 3.63) is 94.6 Å². The molecule has 3 aromatic carbocycles. The van der Waals surface area contributed by atoms with E-state index in [9.17, 15) is 18.4 Å². The molecule has 180 valence electrons. The lowest BCUT2D eigenvalue weighted by molar-refractivity contribution is -0.141. The Kier molecular flexibility index (Phi) is 6.24. The smallest absolute Gasteiger partial charge is 0.264 e. The van der Waals surface area contributed by atoms with Gasteiger partial charge in [-0.1, -0.05) is 37.3 Å². The number of carbonyl (C=O) groups excluding carboxylic acids is 2. The first-order valence-corrected chi connectivity index (χ1v) is 11.9. The molecule has 0 fully saturated rings. The molecule has 2 aliphatic rings. The van der Waals surface area contributed by atoms with Crippen LogP contribution in [-0.2, 0) is 17.8 Å². The van der Waals surface area contributed by atoms with E-state index in [2.05, 4.69) is 17.4 Å². The topological polar surface area (TPSA) is 58.6 Å². The molecule has 3 aromatic rings. The number of aryl methyl sites for hydroxylation is 1. The molecule has 0 saturated heterocycles. The number of hydrogen-bond acceptors (Lipinski definition) is 3. The zero-order valence-electron chi connectivity index (χ0n) is 19.4. The lowest BCUT2D eigenvalue weighted by Gasteiger charge is -2.36.